The molecule has 0 radical (unpaired) electrons. The fourth-order valence-corrected chi connectivity index (χ4v) is 1.94. The lowest BCUT2D eigenvalue weighted by atomic mass is 10.3. The van der Waals surface area contributed by atoms with Gasteiger partial charge in [0.15, 0.2) is 11.5 Å². The van der Waals surface area contributed by atoms with Gasteiger partial charge in [-0.15, -0.1) is 0 Å². The molecule has 0 N–H and O–H groups in total. The van der Waals surface area contributed by atoms with E-state index in [2.05, 4.69) is 22.6 Å². The molecule has 0 spiro atoms. The first kappa shape index (κ1) is 9.89. The van der Waals surface area contributed by atoms with E-state index in [0.29, 0.717) is 13.2 Å². The van der Waals surface area contributed by atoms with Gasteiger partial charge in [-0.1, -0.05) is 0 Å². The van der Waals surface area contributed by atoms with Gasteiger partial charge in [-0.2, -0.15) is 0 Å². The minimum absolute atomic E-state index is 0.684. The molecule has 14 heavy (non-hydrogen) atoms. The van der Waals surface area contributed by atoms with Gasteiger partial charge in [-0.05, 0) is 34.7 Å². The van der Waals surface area contributed by atoms with Crippen molar-refractivity contribution in [3.8, 4) is 17.2 Å². The smallest absolute Gasteiger partial charge is 0.204 e. The van der Waals surface area contributed by atoms with E-state index in [1.165, 1.54) is 0 Å². The summed E-state index contributed by atoms with van der Waals surface area (Å²) in [5.41, 5.74) is 0. The molecular formula is C10H11IO3. The molecule has 76 valence electrons. The molecule has 0 atom stereocenters. The molecule has 0 bridgehead atoms. The predicted molar refractivity (Wildman–Crippen MR) is 61.3 cm³/mol. The number of benzene rings is 1. The van der Waals surface area contributed by atoms with Crippen LogP contribution in [0.4, 0.5) is 0 Å². The molecular weight excluding hydrogens is 295 g/mol. The van der Waals surface area contributed by atoms with E-state index >= 15 is 0 Å². The van der Waals surface area contributed by atoms with Crippen LogP contribution in [0.1, 0.15) is 6.42 Å². The molecule has 1 aliphatic rings. The summed E-state index contributed by atoms with van der Waals surface area (Å²) in [6, 6.07) is 3.86. The Morgan fingerprint density at radius 3 is 2.64 bits per heavy atom. The van der Waals surface area contributed by atoms with E-state index in [4.69, 9.17) is 14.2 Å². The summed E-state index contributed by atoms with van der Waals surface area (Å²) in [5, 5.41) is 0. The minimum Gasteiger partial charge on any atom is -0.493 e. The highest BCUT2D eigenvalue weighted by Crippen LogP contribution is 2.41. The number of hydrogen-bond donors (Lipinski definition) is 0. The molecule has 1 aliphatic heterocycles. The van der Waals surface area contributed by atoms with Gasteiger partial charge < -0.3 is 14.2 Å². The maximum atomic E-state index is 5.61. The van der Waals surface area contributed by atoms with Crippen LogP contribution in [0, 0.1) is 3.57 Å². The largest absolute Gasteiger partial charge is 0.493 e. The maximum absolute atomic E-state index is 5.61. The molecule has 0 unspecified atom stereocenters. The third kappa shape index (κ3) is 1.75. The lowest BCUT2D eigenvalue weighted by Gasteiger charge is -2.12. The van der Waals surface area contributed by atoms with Crippen molar-refractivity contribution in [3.05, 3.63) is 15.7 Å². The Morgan fingerprint density at radius 2 is 1.93 bits per heavy atom. The van der Waals surface area contributed by atoms with Crippen LogP contribution in [-0.4, -0.2) is 20.3 Å². The zero-order valence-corrected chi connectivity index (χ0v) is 10.0. The van der Waals surface area contributed by atoms with Gasteiger partial charge in [0.05, 0.1) is 23.9 Å². The highest BCUT2D eigenvalue weighted by molar-refractivity contribution is 14.1. The van der Waals surface area contributed by atoms with Gasteiger partial charge in [0.1, 0.15) is 0 Å². The van der Waals surface area contributed by atoms with Crippen LogP contribution in [0.5, 0.6) is 17.2 Å². The van der Waals surface area contributed by atoms with E-state index < -0.39 is 0 Å². The fraction of sp³-hybridized carbons (Fsp3) is 0.400. The zero-order chi connectivity index (χ0) is 9.97. The Kier molecular flexibility index (Phi) is 3.00. The number of fused-ring (bicyclic) bond motifs is 1. The Balaban J connectivity index is 2.49. The Labute approximate surface area is 96.5 Å². The van der Waals surface area contributed by atoms with Crippen molar-refractivity contribution in [1.82, 2.24) is 0 Å². The summed E-state index contributed by atoms with van der Waals surface area (Å²) in [5.74, 6) is 2.28. The third-order valence-corrected chi connectivity index (χ3v) is 2.88. The lowest BCUT2D eigenvalue weighted by Crippen LogP contribution is -1.98. The van der Waals surface area contributed by atoms with Crippen molar-refractivity contribution in [2.75, 3.05) is 20.3 Å². The first-order chi connectivity index (χ1) is 6.83. The second kappa shape index (κ2) is 4.25. The van der Waals surface area contributed by atoms with Crippen LogP contribution in [0.2, 0.25) is 0 Å². The van der Waals surface area contributed by atoms with E-state index in [-0.39, 0.29) is 0 Å². The molecule has 0 fully saturated rings. The van der Waals surface area contributed by atoms with Crippen molar-refractivity contribution in [3.63, 3.8) is 0 Å². The quantitative estimate of drug-likeness (QED) is 0.746. The third-order valence-electron chi connectivity index (χ3n) is 2.03. The summed E-state index contributed by atoms with van der Waals surface area (Å²) in [4.78, 5) is 0. The first-order valence-corrected chi connectivity index (χ1v) is 5.53. The van der Waals surface area contributed by atoms with E-state index in [1.54, 1.807) is 7.11 Å². The average molecular weight is 306 g/mol. The number of hydrogen-bond acceptors (Lipinski definition) is 3. The Bertz CT molecular complexity index is 338. The molecule has 1 heterocycles. The lowest BCUT2D eigenvalue weighted by molar-refractivity contribution is 0.289. The summed E-state index contributed by atoms with van der Waals surface area (Å²) >= 11 is 2.23. The second-order valence-electron chi connectivity index (χ2n) is 2.96. The molecule has 3 nitrogen and oxygen atoms in total. The van der Waals surface area contributed by atoms with Crippen molar-refractivity contribution >= 4 is 22.6 Å². The molecule has 0 saturated heterocycles. The van der Waals surface area contributed by atoms with Crippen LogP contribution in [0.25, 0.3) is 0 Å². The van der Waals surface area contributed by atoms with Gasteiger partial charge in [-0.25, -0.2) is 0 Å². The van der Waals surface area contributed by atoms with E-state index in [1.807, 2.05) is 12.1 Å². The molecule has 2 rings (SSSR count). The molecule has 1 aromatic carbocycles. The van der Waals surface area contributed by atoms with Crippen LogP contribution in [0.15, 0.2) is 12.1 Å². The monoisotopic (exact) mass is 306 g/mol. The fourth-order valence-electron chi connectivity index (χ4n) is 1.36. The van der Waals surface area contributed by atoms with Crippen molar-refractivity contribution in [2.24, 2.45) is 0 Å². The number of ether oxygens (including phenoxy) is 3. The maximum Gasteiger partial charge on any atom is 0.204 e. The van der Waals surface area contributed by atoms with Crippen LogP contribution >= 0.6 is 22.6 Å². The van der Waals surface area contributed by atoms with Gasteiger partial charge in [0.2, 0.25) is 5.75 Å². The second-order valence-corrected chi connectivity index (χ2v) is 4.12. The SMILES string of the molecule is COc1ccc(I)c2c1OCCCO2. The van der Waals surface area contributed by atoms with Gasteiger partial charge in [0.25, 0.3) is 0 Å². The summed E-state index contributed by atoms with van der Waals surface area (Å²) in [6.45, 7) is 1.39. The molecule has 4 heteroatoms. The molecule has 1 aromatic rings. The highest BCUT2D eigenvalue weighted by atomic mass is 127. The molecule has 0 aliphatic carbocycles. The minimum atomic E-state index is 0.684. The summed E-state index contributed by atoms with van der Waals surface area (Å²) < 4.78 is 17.5. The van der Waals surface area contributed by atoms with Crippen molar-refractivity contribution in [1.29, 1.82) is 0 Å². The van der Waals surface area contributed by atoms with Gasteiger partial charge in [-0.3, -0.25) is 0 Å². The standard InChI is InChI=1S/C10H11IO3/c1-12-8-4-3-7(11)9-10(8)14-6-2-5-13-9/h3-4H,2,5-6H2,1H3. The molecule has 0 aromatic heterocycles. The molecule has 0 amide bonds. The number of halogens is 1. The van der Waals surface area contributed by atoms with Crippen molar-refractivity contribution in [2.45, 2.75) is 6.42 Å². The normalized spacial score (nSPS) is 14.7. The van der Waals surface area contributed by atoms with Crippen LogP contribution < -0.4 is 14.2 Å². The Hall–Kier alpha value is -0.650. The first-order valence-electron chi connectivity index (χ1n) is 4.45. The summed E-state index contributed by atoms with van der Waals surface area (Å²) in [7, 11) is 1.64. The zero-order valence-electron chi connectivity index (χ0n) is 7.88. The summed E-state index contributed by atoms with van der Waals surface area (Å²) in [6.07, 6.45) is 0.911. The van der Waals surface area contributed by atoms with E-state index in [9.17, 15) is 0 Å². The van der Waals surface area contributed by atoms with Crippen molar-refractivity contribution < 1.29 is 14.2 Å². The predicted octanol–water partition coefficient (Wildman–Crippen LogP) is 2.46. The average Bonchev–Trinajstić information content (AvgIpc) is 2.44. The Morgan fingerprint density at radius 1 is 1.21 bits per heavy atom. The molecule has 0 saturated carbocycles. The van der Waals surface area contributed by atoms with Gasteiger partial charge >= 0.3 is 0 Å². The van der Waals surface area contributed by atoms with Crippen LogP contribution in [-0.2, 0) is 0 Å². The van der Waals surface area contributed by atoms with Gasteiger partial charge in [0, 0.05) is 6.42 Å². The van der Waals surface area contributed by atoms with E-state index in [0.717, 1.165) is 27.2 Å². The number of rotatable bonds is 1. The number of methoxy groups -OCH3 is 1. The topological polar surface area (TPSA) is 27.7 Å². The van der Waals surface area contributed by atoms with Crippen LogP contribution in [0.3, 0.4) is 0 Å². The highest BCUT2D eigenvalue weighted by Gasteiger charge is 2.18.